The molecule has 0 unspecified atom stereocenters. The lowest BCUT2D eigenvalue weighted by Gasteiger charge is -1.98. The third kappa shape index (κ3) is 19.1. The molecule has 3 rings (SSSR count). The maximum absolute atomic E-state index is 8.09. The summed E-state index contributed by atoms with van der Waals surface area (Å²) in [5, 5.41) is 49.5. The molecular weight excluding hydrogens is 578 g/mol. The van der Waals surface area contributed by atoms with Gasteiger partial charge in [0, 0.05) is 12.4 Å². The molecule has 2 aromatic heterocycles. The van der Waals surface area contributed by atoms with E-state index in [1.54, 1.807) is 30.4 Å². The second-order valence-electron chi connectivity index (χ2n) is 5.96. The number of nitrogens with zero attached hydrogens (tertiary/aromatic N) is 7. The van der Waals surface area contributed by atoms with Gasteiger partial charge in [-0.25, -0.2) is 36.4 Å². The van der Waals surface area contributed by atoms with E-state index in [1.807, 2.05) is 24.3 Å². The molecule has 0 amide bonds. The van der Waals surface area contributed by atoms with Crippen molar-refractivity contribution in [3.8, 4) is 29.3 Å². The summed E-state index contributed by atoms with van der Waals surface area (Å²) in [6.07, 6.45) is 6.37. The number of nitriles is 5. The summed E-state index contributed by atoms with van der Waals surface area (Å²) in [6.45, 7) is 3.07. The van der Waals surface area contributed by atoms with Crippen molar-refractivity contribution in [2.24, 2.45) is 5.73 Å². The largest absolute Gasteiger partial charge is 0.383 e. The molecule has 2 heterocycles. The molecule has 0 atom stereocenters. The fourth-order valence-corrected chi connectivity index (χ4v) is 1.73. The van der Waals surface area contributed by atoms with Gasteiger partial charge in [-0.05, 0) is 18.6 Å². The van der Waals surface area contributed by atoms with Crippen LogP contribution in [0, 0.1) is 61.0 Å². The SMILES string of the molecule is CCCC[NH2+]C(=N)N.I.N#CS.N#C[B-](C#N)(C#N)C#N.c1c[nH]cn1.c1ccc2[nH]cnc2c1. The number of benzene rings is 1. The first-order chi connectivity index (χ1) is 16.4. The molecule has 0 spiro atoms. The molecule has 0 radical (unpaired) electrons. The molecule has 12 nitrogen and oxygen atoms in total. The van der Waals surface area contributed by atoms with E-state index in [0.717, 1.165) is 24.0 Å². The van der Waals surface area contributed by atoms with Gasteiger partial charge < -0.3 is 15.7 Å². The van der Waals surface area contributed by atoms with Crippen molar-refractivity contribution < 1.29 is 5.32 Å². The molecule has 0 aliphatic rings. The fourth-order valence-electron chi connectivity index (χ4n) is 1.73. The molecule has 1 aromatic carbocycles. The highest BCUT2D eigenvalue weighted by Crippen LogP contribution is 2.05. The van der Waals surface area contributed by atoms with Crippen molar-refractivity contribution in [3.63, 3.8) is 0 Å². The normalized spacial score (nSPS) is 8.03. The zero-order chi connectivity index (χ0) is 26.1. The molecule has 15 heteroatoms. The van der Waals surface area contributed by atoms with E-state index in [2.05, 4.69) is 39.5 Å². The van der Waals surface area contributed by atoms with E-state index >= 15 is 0 Å². The van der Waals surface area contributed by atoms with E-state index in [-0.39, 0.29) is 29.9 Å². The van der Waals surface area contributed by atoms with Gasteiger partial charge in [0.05, 0.1) is 30.2 Å². The number of nitrogens with one attached hydrogen (secondary N) is 3. The summed E-state index contributed by atoms with van der Waals surface area (Å²) >= 11 is 3.09. The molecule has 35 heavy (non-hydrogen) atoms. The Morgan fingerprint density at radius 1 is 1.11 bits per heavy atom. The number of para-hydroxylation sites is 2. The van der Waals surface area contributed by atoms with Crippen LogP contribution in [0.2, 0.25) is 0 Å². The number of hydrogen-bond acceptors (Lipinski definition) is 9. The van der Waals surface area contributed by atoms with Crippen LogP contribution in [-0.2, 0) is 0 Å². The number of nitrogens with two attached hydrogens (primary N) is 2. The van der Waals surface area contributed by atoms with E-state index in [0.29, 0.717) is 0 Å². The van der Waals surface area contributed by atoms with Crippen molar-refractivity contribution in [2.45, 2.75) is 19.8 Å². The minimum absolute atomic E-state index is 0. The number of halogens is 1. The molecule has 0 fully saturated rings. The number of thiol groups is 1. The summed E-state index contributed by atoms with van der Waals surface area (Å²) in [5.74, 6) is 5.57. The van der Waals surface area contributed by atoms with E-state index < -0.39 is 6.15 Å². The number of aromatic amines is 2. The molecule has 0 bridgehead atoms. The molecule has 3 aromatic rings. The van der Waals surface area contributed by atoms with Gasteiger partial charge in [0.25, 0.3) is 5.96 Å². The summed E-state index contributed by atoms with van der Waals surface area (Å²) in [7, 11) is 0. The van der Waals surface area contributed by atoms with Crippen molar-refractivity contribution in [1.82, 2.24) is 19.9 Å². The van der Waals surface area contributed by atoms with E-state index in [9.17, 15) is 0 Å². The third-order valence-electron chi connectivity index (χ3n) is 3.43. The van der Waals surface area contributed by atoms with Gasteiger partial charge in [-0.15, -0.1) is 47.9 Å². The molecule has 182 valence electrons. The van der Waals surface area contributed by atoms with Gasteiger partial charge in [-0.2, -0.15) is 5.26 Å². The van der Waals surface area contributed by atoms with Crippen molar-refractivity contribution in [2.75, 3.05) is 6.54 Å². The lowest BCUT2D eigenvalue weighted by molar-refractivity contribution is -0.543. The Bertz CT molecular complexity index is 1040. The standard InChI is InChI=1S/C7H6N2.C5H13N3.C4BN4.C3H4N2.CHNS.HI/c1-2-4-7-6(3-1)8-5-9-7;1-2-3-4-8-5(6)7;6-1-5(2-7,3-8)4-9;1-2-5-3-4-1;2-1-3;/h1-5H,(H,8,9);2-4H2,1H3,(H4,6,7,8);;1-3H,(H,4,5);3H;1H/q;;-1;;;/p+1. The Kier molecular flexibility index (Phi) is 24.9. The number of aromatic nitrogens is 4. The smallest absolute Gasteiger partial charge is 0.351 e. The van der Waals surface area contributed by atoms with Crippen LogP contribution in [0.3, 0.4) is 0 Å². The number of fused-ring (bicyclic) bond motifs is 1. The van der Waals surface area contributed by atoms with Crippen molar-refractivity contribution >= 4 is 59.7 Å². The third-order valence-corrected chi connectivity index (χ3v) is 3.43. The Morgan fingerprint density at radius 2 is 1.69 bits per heavy atom. The summed E-state index contributed by atoms with van der Waals surface area (Å²) < 4.78 is 0. The molecule has 0 aliphatic carbocycles. The first-order valence-corrected chi connectivity index (χ1v) is 10.2. The number of imidazole rings is 2. The van der Waals surface area contributed by atoms with Crippen LogP contribution in [0.4, 0.5) is 0 Å². The Labute approximate surface area is 226 Å². The molecular formula is C20H26BIN12S. The van der Waals surface area contributed by atoms with Crippen LogP contribution in [0.25, 0.3) is 11.0 Å². The van der Waals surface area contributed by atoms with Gasteiger partial charge in [0.15, 0.2) is 0 Å². The van der Waals surface area contributed by atoms with Gasteiger partial charge >= 0.3 is 6.15 Å². The summed E-state index contributed by atoms with van der Waals surface area (Å²) in [6, 6.07) is 7.94. The Morgan fingerprint density at radius 3 is 2.03 bits per heavy atom. The van der Waals surface area contributed by atoms with E-state index in [4.69, 9.17) is 37.5 Å². The molecule has 0 saturated carbocycles. The average molecular weight is 604 g/mol. The maximum atomic E-state index is 8.09. The van der Waals surface area contributed by atoms with Crippen molar-refractivity contribution in [3.05, 3.63) is 49.3 Å². The number of unbranched alkanes of at least 4 members (excludes halogenated alkanes) is 1. The fraction of sp³-hybridized carbons (Fsp3) is 0.200. The van der Waals surface area contributed by atoms with Crippen LogP contribution >= 0.6 is 36.6 Å². The van der Waals surface area contributed by atoms with Crippen LogP contribution in [0.1, 0.15) is 19.8 Å². The van der Waals surface area contributed by atoms with Crippen LogP contribution in [0.5, 0.6) is 0 Å². The first-order valence-electron chi connectivity index (χ1n) is 9.71. The maximum Gasteiger partial charge on any atom is 0.383 e. The Balaban J connectivity index is -0.000000378. The second kappa shape index (κ2) is 24.6. The predicted molar refractivity (Wildman–Crippen MR) is 147 cm³/mol. The number of hydrogen-bond donors (Lipinski definition) is 6. The molecule has 7 N–H and O–H groups in total. The number of H-pyrrole nitrogens is 2. The Hall–Kier alpha value is -4.08. The lowest BCUT2D eigenvalue weighted by atomic mass is 9.30. The highest BCUT2D eigenvalue weighted by molar-refractivity contribution is 14.0. The zero-order valence-electron chi connectivity index (χ0n) is 19.0. The van der Waals surface area contributed by atoms with Gasteiger partial charge in [0.1, 0.15) is 5.40 Å². The topological polar surface area (TPSA) is 243 Å². The van der Waals surface area contributed by atoms with Crippen LogP contribution in [0.15, 0.2) is 49.3 Å². The predicted octanol–water partition coefficient (Wildman–Crippen LogP) is 1.92. The van der Waals surface area contributed by atoms with E-state index in [1.165, 1.54) is 35.7 Å². The molecule has 0 aliphatic heterocycles. The monoisotopic (exact) mass is 604 g/mol. The quantitative estimate of drug-likeness (QED) is 0.0489. The minimum Gasteiger partial charge on any atom is -0.351 e. The number of rotatable bonds is 3. The lowest BCUT2D eigenvalue weighted by Crippen LogP contribution is -2.90. The van der Waals surface area contributed by atoms with Crippen LogP contribution < -0.4 is 11.1 Å². The zero-order valence-corrected chi connectivity index (χ0v) is 22.2. The highest BCUT2D eigenvalue weighted by atomic mass is 127. The number of guanidine groups is 1. The number of thiocyanates is 1. The van der Waals surface area contributed by atoms with Crippen LogP contribution in [-0.4, -0.2) is 38.6 Å². The van der Waals surface area contributed by atoms with Gasteiger partial charge in [-0.1, -0.05) is 38.1 Å². The summed E-state index contributed by atoms with van der Waals surface area (Å²) in [5.41, 5.74) is 7.18. The highest BCUT2D eigenvalue weighted by Gasteiger charge is 2.22. The van der Waals surface area contributed by atoms with Crippen molar-refractivity contribution in [1.29, 1.82) is 31.7 Å². The van der Waals surface area contributed by atoms with Gasteiger partial charge in [-0.3, -0.25) is 5.32 Å². The summed E-state index contributed by atoms with van der Waals surface area (Å²) in [4.78, 5) is 13.5. The molecule has 0 saturated heterocycles. The van der Waals surface area contributed by atoms with Gasteiger partial charge in [0.2, 0.25) is 0 Å². The average Bonchev–Trinajstić information content (AvgIpc) is 3.58. The first kappa shape index (κ1) is 35.5. The minimum atomic E-state index is -2.72. The second-order valence-corrected chi connectivity index (χ2v) is 6.16. The number of quaternary nitrogens is 1.